The molecule has 3 aromatic rings. The van der Waals surface area contributed by atoms with Crippen LogP contribution >= 0.6 is 33.9 Å². The minimum Gasteiger partial charge on any atom is -0.296 e. The normalized spacial score (nSPS) is 10.6. The molecule has 122 valence electrons. The highest BCUT2D eigenvalue weighted by Gasteiger charge is 2.14. The number of hydrogen-bond donors (Lipinski definition) is 1. The van der Waals surface area contributed by atoms with Crippen LogP contribution in [0.2, 0.25) is 0 Å². The van der Waals surface area contributed by atoms with E-state index >= 15 is 0 Å². The van der Waals surface area contributed by atoms with E-state index in [1.54, 1.807) is 12.1 Å². The Hall–Kier alpha value is -1.94. The minimum absolute atomic E-state index is 0.234. The zero-order valence-electron chi connectivity index (χ0n) is 12.1. The molecule has 8 heteroatoms. The first-order valence-electron chi connectivity index (χ1n) is 6.84. The van der Waals surface area contributed by atoms with E-state index in [1.807, 2.05) is 22.6 Å². The predicted octanol–water partition coefficient (Wildman–Crippen LogP) is 4.26. The average Bonchev–Trinajstić information content (AvgIpc) is 2.96. The van der Waals surface area contributed by atoms with Gasteiger partial charge in [-0.1, -0.05) is 23.5 Å². The maximum Gasteiger partial charge on any atom is 0.258 e. The number of benzene rings is 2. The number of anilines is 1. The fourth-order valence-corrected chi connectivity index (χ4v) is 3.38. The summed E-state index contributed by atoms with van der Waals surface area (Å²) in [5.74, 6) is -1.25. The summed E-state index contributed by atoms with van der Waals surface area (Å²) < 4.78 is 27.1. The van der Waals surface area contributed by atoms with Crippen LogP contribution in [-0.2, 0) is 6.42 Å². The lowest BCUT2D eigenvalue weighted by molar-refractivity contribution is 0.102. The molecule has 0 radical (unpaired) electrons. The highest BCUT2D eigenvalue weighted by molar-refractivity contribution is 14.1. The summed E-state index contributed by atoms with van der Waals surface area (Å²) in [7, 11) is 0. The number of nitrogens with zero attached hydrogens (tertiary/aromatic N) is 2. The van der Waals surface area contributed by atoms with Crippen LogP contribution in [0.15, 0.2) is 42.5 Å². The first-order valence-corrected chi connectivity index (χ1v) is 8.74. The maximum atomic E-state index is 13.3. The van der Waals surface area contributed by atoms with Gasteiger partial charge in [0.05, 0.1) is 5.56 Å². The van der Waals surface area contributed by atoms with Crippen LogP contribution in [-0.4, -0.2) is 16.1 Å². The molecule has 3 rings (SSSR count). The molecule has 0 saturated carbocycles. The minimum atomic E-state index is -0.482. The van der Waals surface area contributed by atoms with Crippen LogP contribution in [0.1, 0.15) is 20.9 Å². The average molecular weight is 457 g/mol. The van der Waals surface area contributed by atoms with Crippen LogP contribution in [0.25, 0.3) is 0 Å². The number of hydrogen-bond acceptors (Lipinski definition) is 4. The summed E-state index contributed by atoms with van der Waals surface area (Å²) in [6, 6.07) is 10.2. The second-order valence-electron chi connectivity index (χ2n) is 4.89. The third kappa shape index (κ3) is 4.12. The first-order chi connectivity index (χ1) is 11.5. The van der Waals surface area contributed by atoms with E-state index in [2.05, 4.69) is 15.5 Å². The molecule has 1 aromatic heterocycles. The second kappa shape index (κ2) is 7.31. The number of aromatic nitrogens is 2. The van der Waals surface area contributed by atoms with E-state index in [1.165, 1.54) is 41.7 Å². The van der Waals surface area contributed by atoms with Crippen molar-refractivity contribution in [2.75, 3.05) is 5.32 Å². The van der Waals surface area contributed by atoms with Gasteiger partial charge in [-0.15, -0.1) is 10.2 Å². The summed E-state index contributed by atoms with van der Waals surface area (Å²) in [6.45, 7) is 0. The Balaban J connectivity index is 1.72. The summed E-state index contributed by atoms with van der Waals surface area (Å²) in [5.41, 5.74) is 1.00. The molecule has 0 saturated heterocycles. The number of amides is 1. The number of nitrogens with one attached hydrogen (secondary N) is 1. The highest BCUT2D eigenvalue weighted by Crippen LogP contribution is 2.21. The van der Waals surface area contributed by atoms with Gasteiger partial charge in [-0.25, -0.2) is 8.78 Å². The van der Waals surface area contributed by atoms with Gasteiger partial charge in [-0.3, -0.25) is 10.1 Å². The van der Waals surface area contributed by atoms with E-state index < -0.39 is 11.7 Å². The van der Waals surface area contributed by atoms with Gasteiger partial charge in [0.25, 0.3) is 5.91 Å². The topological polar surface area (TPSA) is 54.9 Å². The summed E-state index contributed by atoms with van der Waals surface area (Å²) in [5, 5.41) is 11.4. The second-order valence-corrected chi connectivity index (χ2v) is 7.11. The largest absolute Gasteiger partial charge is 0.296 e. The number of carbonyl (C=O) groups is 1. The molecular formula is C16H10F2IN3OS. The lowest BCUT2D eigenvalue weighted by Gasteiger charge is -2.03. The van der Waals surface area contributed by atoms with Crippen LogP contribution in [0, 0.1) is 15.2 Å². The van der Waals surface area contributed by atoms with Crippen molar-refractivity contribution in [2.24, 2.45) is 0 Å². The zero-order chi connectivity index (χ0) is 17.1. The smallest absolute Gasteiger partial charge is 0.258 e. The van der Waals surface area contributed by atoms with Crippen LogP contribution < -0.4 is 5.32 Å². The van der Waals surface area contributed by atoms with Gasteiger partial charge in [-0.05, 0) is 58.5 Å². The van der Waals surface area contributed by atoms with Gasteiger partial charge in [0.1, 0.15) is 16.6 Å². The highest BCUT2D eigenvalue weighted by atomic mass is 127. The fraction of sp³-hybridized carbons (Fsp3) is 0.0625. The zero-order valence-corrected chi connectivity index (χ0v) is 15.1. The Bertz CT molecular complexity index is 901. The maximum absolute atomic E-state index is 13.3. The fourth-order valence-electron chi connectivity index (χ4n) is 2.03. The molecule has 4 nitrogen and oxygen atoms in total. The molecule has 1 N–H and O–H groups in total. The third-order valence-corrected chi connectivity index (χ3v) is 4.88. The Morgan fingerprint density at radius 3 is 2.71 bits per heavy atom. The van der Waals surface area contributed by atoms with Gasteiger partial charge >= 0.3 is 0 Å². The molecule has 2 aromatic carbocycles. The van der Waals surface area contributed by atoms with E-state index in [-0.39, 0.29) is 11.4 Å². The van der Waals surface area contributed by atoms with Crippen molar-refractivity contribution >= 4 is 45.0 Å². The summed E-state index contributed by atoms with van der Waals surface area (Å²) >= 11 is 3.16. The SMILES string of the molecule is O=C(Nc1nnc(Cc2cccc(F)c2)s1)c1cc(F)ccc1I. The van der Waals surface area contributed by atoms with E-state index in [4.69, 9.17) is 0 Å². The van der Waals surface area contributed by atoms with Gasteiger partial charge < -0.3 is 0 Å². The summed E-state index contributed by atoms with van der Waals surface area (Å²) in [4.78, 5) is 12.2. The molecule has 0 fully saturated rings. The lowest BCUT2D eigenvalue weighted by Crippen LogP contribution is -2.13. The van der Waals surface area contributed by atoms with Crippen LogP contribution in [0.3, 0.4) is 0 Å². The number of halogens is 3. The molecule has 0 atom stereocenters. The van der Waals surface area contributed by atoms with Gasteiger partial charge in [0.2, 0.25) is 5.13 Å². The monoisotopic (exact) mass is 457 g/mol. The molecular weight excluding hydrogens is 447 g/mol. The van der Waals surface area contributed by atoms with E-state index in [9.17, 15) is 13.6 Å². The predicted molar refractivity (Wildman–Crippen MR) is 96.2 cm³/mol. The summed E-state index contributed by atoms with van der Waals surface area (Å²) in [6.07, 6.45) is 0.419. The molecule has 0 aliphatic heterocycles. The van der Waals surface area contributed by atoms with Gasteiger partial charge in [0, 0.05) is 9.99 Å². The van der Waals surface area contributed by atoms with Crippen molar-refractivity contribution in [3.8, 4) is 0 Å². The van der Waals surface area contributed by atoms with Crippen molar-refractivity contribution in [1.82, 2.24) is 10.2 Å². The molecule has 24 heavy (non-hydrogen) atoms. The van der Waals surface area contributed by atoms with Crippen LogP contribution in [0.4, 0.5) is 13.9 Å². The van der Waals surface area contributed by atoms with E-state index in [0.29, 0.717) is 20.1 Å². The van der Waals surface area contributed by atoms with Gasteiger partial charge in [0.15, 0.2) is 0 Å². The Morgan fingerprint density at radius 2 is 1.92 bits per heavy atom. The van der Waals surface area contributed by atoms with Crippen molar-refractivity contribution in [3.05, 3.63) is 73.8 Å². The molecule has 0 aliphatic carbocycles. The molecule has 0 aliphatic rings. The Kier molecular flexibility index (Phi) is 5.14. The first kappa shape index (κ1) is 16.9. The third-order valence-electron chi connectivity index (χ3n) is 3.10. The van der Waals surface area contributed by atoms with Crippen molar-refractivity contribution < 1.29 is 13.6 Å². The van der Waals surface area contributed by atoms with E-state index in [0.717, 1.165) is 5.56 Å². The Labute approximate surface area is 154 Å². The quantitative estimate of drug-likeness (QED) is 0.596. The lowest BCUT2D eigenvalue weighted by atomic mass is 10.1. The van der Waals surface area contributed by atoms with Crippen molar-refractivity contribution in [1.29, 1.82) is 0 Å². The number of rotatable bonds is 4. The number of carbonyl (C=O) groups excluding carboxylic acids is 1. The molecule has 0 spiro atoms. The standard InChI is InChI=1S/C16H10F2IN3OS/c17-10-3-1-2-9(6-10)7-14-21-22-16(24-14)20-15(23)12-8-11(18)4-5-13(12)19/h1-6,8H,7H2,(H,20,22,23). The van der Waals surface area contributed by atoms with Gasteiger partial charge in [-0.2, -0.15) is 0 Å². The molecule has 0 bridgehead atoms. The van der Waals surface area contributed by atoms with Crippen molar-refractivity contribution in [2.45, 2.75) is 6.42 Å². The molecule has 1 amide bonds. The van der Waals surface area contributed by atoms with Crippen molar-refractivity contribution in [3.63, 3.8) is 0 Å². The molecule has 0 unspecified atom stereocenters. The molecule has 1 heterocycles. The van der Waals surface area contributed by atoms with Crippen LogP contribution in [0.5, 0.6) is 0 Å². The Morgan fingerprint density at radius 1 is 1.12 bits per heavy atom.